The summed E-state index contributed by atoms with van der Waals surface area (Å²) < 4.78 is 1.97. The highest BCUT2D eigenvalue weighted by Crippen LogP contribution is 2.22. The maximum absolute atomic E-state index is 12.9. The fraction of sp³-hybridized carbons (Fsp3) is 0.160. The van der Waals surface area contributed by atoms with Crippen molar-refractivity contribution >= 4 is 22.9 Å². The summed E-state index contributed by atoms with van der Waals surface area (Å²) in [6.45, 7) is 4.34. The lowest BCUT2D eigenvalue weighted by Crippen LogP contribution is -2.22. The molecule has 1 aromatic carbocycles. The molecule has 0 radical (unpaired) electrons. The number of hydrogen-bond donors (Lipinski definition) is 1. The number of ketones is 1. The van der Waals surface area contributed by atoms with Crippen LogP contribution < -0.4 is 5.32 Å². The number of Topliss-reactive ketones (excluding diaryl/α,β-unsaturated/α-hetero) is 1. The highest BCUT2D eigenvalue weighted by Gasteiger charge is 2.22. The zero-order chi connectivity index (χ0) is 21.1. The molecule has 3 aromatic heterocycles. The van der Waals surface area contributed by atoms with Gasteiger partial charge in [-0.05, 0) is 47.4 Å². The minimum absolute atomic E-state index is 0.394. The van der Waals surface area contributed by atoms with Gasteiger partial charge in [0, 0.05) is 24.5 Å². The minimum atomic E-state index is -0.674. The minimum Gasteiger partial charge on any atom is -0.320 e. The van der Waals surface area contributed by atoms with Crippen LogP contribution in [0.2, 0.25) is 0 Å². The Labute approximate surface area is 175 Å². The van der Waals surface area contributed by atoms with Crippen molar-refractivity contribution < 1.29 is 9.59 Å². The number of rotatable bonds is 6. The van der Waals surface area contributed by atoms with Crippen LogP contribution in [0.3, 0.4) is 0 Å². The van der Waals surface area contributed by atoms with E-state index in [4.69, 9.17) is 0 Å². The van der Waals surface area contributed by atoms with Crippen molar-refractivity contribution in [3.05, 3.63) is 102 Å². The number of nitrogens with one attached hydrogen (secondary N) is 1. The first kappa shape index (κ1) is 19.6. The molecule has 0 unspecified atom stereocenters. The Morgan fingerprint density at radius 1 is 1.03 bits per heavy atom. The van der Waals surface area contributed by atoms with Crippen LogP contribution in [0.5, 0.6) is 0 Å². The molecule has 0 saturated carbocycles. The molecule has 0 saturated heterocycles. The number of benzene rings is 1. The molecular weight excluding hydrogens is 374 g/mol. The third-order valence-electron chi connectivity index (χ3n) is 5.16. The highest BCUT2D eigenvalue weighted by molar-refractivity contribution is 6.47. The van der Waals surface area contributed by atoms with Crippen molar-refractivity contribution in [2.75, 3.05) is 5.32 Å². The molecule has 4 rings (SSSR count). The second-order valence-electron chi connectivity index (χ2n) is 7.60. The molecule has 30 heavy (non-hydrogen) atoms. The third-order valence-corrected chi connectivity index (χ3v) is 5.16. The van der Waals surface area contributed by atoms with E-state index in [1.807, 2.05) is 34.9 Å². The summed E-state index contributed by atoms with van der Waals surface area (Å²) in [5.41, 5.74) is 5.01. The van der Waals surface area contributed by atoms with Crippen LogP contribution in [0, 0.1) is 0 Å². The fourth-order valence-electron chi connectivity index (χ4n) is 3.52. The molecule has 3 heterocycles. The predicted molar refractivity (Wildman–Crippen MR) is 118 cm³/mol. The van der Waals surface area contributed by atoms with Crippen molar-refractivity contribution in [1.29, 1.82) is 0 Å². The monoisotopic (exact) mass is 397 g/mol. The molecule has 4 aromatic rings. The molecule has 0 fully saturated rings. The number of aromatic nitrogens is 2. The van der Waals surface area contributed by atoms with Crippen molar-refractivity contribution in [2.24, 2.45) is 0 Å². The van der Waals surface area contributed by atoms with Crippen LogP contribution in [-0.4, -0.2) is 21.1 Å². The van der Waals surface area contributed by atoms with Gasteiger partial charge < -0.3 is 9.72 Å². The standard InChI is InChI=1S/C25H23N3O2/c1-17(2)19-10-8-18(9-11-19)14-21-15-22(23-7-3-4-13-28(21)23)24(29)25(30)27-20-6-5-12-26-16-20/h3-13,15-17H,14H2,1-2H3,(H,27,30). The summed E-state index contributed by atoms with van der Waals surface area (Å²) in [4.78, 5) is 29.4. The summed E-state index contributed by atoms with van der Waals surface area (Å²) in [5.74, 6) is -0.758. The molecule has 0 aliphatic carbocycles. The number of amides is 1. The van der Waals surface area contributed by atoms with Gasteiger partial charge >= 0.3 is 0 Å². The maximum Gasteiger partial charge on any atom is 0.296 e. The highest BCUT2D eigenvalue weighted by atomic mass is 16.2. The van der Waals surface area contributed by atoms with Crippen LogP contribution in [0.25, 0.3) is 5.52 Å². The zero-order valence-corrected chi connectivity index (χ0v) is 17.0. The molecule has 150 valence electrons. The van der Waals surface area contributed by atoms with Crippen LogP contribution in [-0.2, 0) is 11.2 Å². The summed E-state index contributed by atoms with van der Waals surface area (Å²) in [5, 5.41) is 2.62. The molecular formula is C25H23N3O2. The lowest BCUT2D eigenvalue weighted by atomic mass is 10.00. The van der Waals surface area contributed by atoms with E-state index in [0.717, 1.165) is 16.8 Å². The largest absolute Gasteiger partial charge is 0.320 e. The van der Waals surface area contributed by atoms with E-state index in [-0.39, 0.29) is 0 Å². The Kier molecular flexibility index (Phi) is 5.44. The molecule has 0 atom stereocenters. The van der Waals surface area contributed by atoms with E-state index in [2.05, 4.69) is 48.4 Å². The number of carbonyl (C=O) groups is 2. The lowest BCUT2D eigenvalue weighted by molar-refractivity contribution is -0.112. The van der Waals surface area contributed by atoms with E-state index in [0.29, 0.717) is 23.6 Å². The van der Waals surface area contributed by atoms with Gasteiger partial charge in [0.05, 0.1) is 23.0 Å². The Morgan fingerprint density at radius 3 is 2.53 bits per heavy atom. The van der Waals surface area contributed by atoms with Gasteiger partial charge in [-0.1, -0.05) is 44.2 Å². The van der Waals surface area contributed by atoms with Crippen molar-refractivity contribution in [3.63, 3.8) is 0 Å². The summed E-state index contributed by atoms with van der Waals surface area (Å²) in [6.07, 6.45) is 5.71. The van der Waals surface area contributed by atoms with Gasteiger partial charge in [0.1, 0.15) is 0 Å². The third kappa shape index (κ3) is 4.01. The number of pyridine rings is 2. The summed E-state index contributed by atoms with van der Waals surface area (Å²) in [7, 11) is 0. The average Bonchev–Trinajstić information content (AvgIpc) is 3.13. The van der Waals surface area contributed by atoms with Crippen LogP contribution in [0.15, 0.2) is 79.3 Å². The summed E-state index contributed by atoms with van der Waals surface area (Å²) >= 11 is 0. The number of anilines is 1. The van der Waals surface area contributed by atoms with Crippen LogP contribution in [0.4, 0.5) is 5.69 Å². The Morgan fingerprint density at radius 2 is 1.83 bits per heavy atom. The topological polar surface area (TPSA) is 63.5 Å². The molecule has 0 spiro atoms. The van der Waals surface area contributed by atoms with Gasteiger partial charge in [-0.15, -0.1) is 0 Å². The molecule has 5 nitrogen and oxygen atoms in total. The Hall–Kier alpha value is -3.73. The normalized spacial score (nSPS) is 11.0. The van der Waals surface area contributed by atoms with E-state index < -0.39 is 11.7 Å². The predicted octanol–water partition coefficient (Wildman–Crippen LogP) is 4.87. The number of nitrogens with zero attached hydrogens (tertiary/aromatic N) is 2. The SMILES string of the molecule is CC(C)c1ccc(Cc2cc(C(=O)C(=O)Nc3cccnc3)c3ccccn23)cc1. The second kappa shape index (κ2) is 8.33. The van der Waals surface area contributed by atoms with Crippen molar-refractivity contribution in [2.45, 2.75) is 26.2 Å². The number of fused-ring (bicyclic) bond motifs is 1. The first-order chi connectivity index (χ1) is 14.5. The zero-order valence-electron chi connectivity index (χ0n) is 17.0. The van der Waals surface area contributed by atoms with Gasteiger partial charge in [0.25, 0.3) is 11.7 Å². The quantitative estimate of drug-likeness (QED) is 0.373. The van der Waals surface area contributed by atoms with Gasteiger partial charge in [-0.2, -0.15) is 0 Å². The van der Waals surface area contributed by atoms with E-state index >= 15 is 0 Å². The van der Waals surface area contributed by atoms with Gasteiger partial charge in [0.15, 0.2) is 0 Å². The molecule has 1 amide bonds. The molecule has 0 aliphatic rings. The van der Waals surface area contributed by atoms with Crippen LogP contribution in [0.1, 0.15) is 46.9 Å². The van der Waals surface area contributed by atoms with Crippen molar-refractivity contribution in [1.82, 2.24) is 9.38 Å². The Bertz CT molecular complexity index is 1190. The van der Waals surface area contributed by atoms with Gasteiger partial charge in [-0.3, -0.25) is 14.6 Å². The summed E-state index contributed by atoms with van der Waals surface area (Å²) in [6, 6.07) is 19.4. The van der Waals surface area contributed by atoms with Gasteiger partial charge in [-0.25, -0.2) is 0 Å². The van der Waals surface area contributed by atoms with Gasteiger partial charge in [0.2, 0.25) is 0 Å². The number of carbonyl (C=O) groups excluding carboxylic acids is 2. The van der Waals surface area contributed by atoms with E-state index in [1.54, 1.807) is 18.3 Å². The average molecular weight is 397 g/mol. The van der Waals surface area contributed by atoms with Crippen LogP contribution >= 0.6 is 0 Å². The molecule has 0 bridgehead atoms. The molecule has 1 N–H and O–H groups in total. The number of hydrogen-bond acceptors (Lipinski definition) is 3. The smallest absolute Gasteiger partial charge is 0.296 e. The fourth-order valence-corrected chi connectivity index (χ4v) is 3.52. The molecule has 0 aliphatic heterocycles. The van der Waals surface area contributed by atoms with E-state index in [1.165, 1.54) is 11.8 Å². The molecule has 5 heteroatoms. The first-order valence-electron chi connectivity index (χ1n) is 9.96. The first-order valence-corrected chi connectivity index (χ1v) is 9.96. The van der Waals surface area contributed by atoms with E-state index in [9.17, 15) is 9.59 Å². The maximum atomic E-state index is 12.9. The second-order valence-corrected chi connectivity index (χ2v) is 7.60. The van der Waals surface area contributed by atoms with Crippen molar-refractivity contribution in [3.8, 4) is 0 Å². The Balaban J connectivity index is 1.63. The lowest BCUT2D eigenvalue weighted by Gasteiger charge is -2.07.